The maximum Gasteiger partial charge on any atom is 0.0325 e. The van der Waals surface area contributed by atoms with Crippen LogP contribution in [0.4, 0.5) is 0 Å². The Morgan fingerprint density at radius 2 is 2.12 bits per heavy atom. The first kappa shape index (κ1) is 15.2. The van der Waals surface area contributed by atoms with E-state index < -0.39 is 0 Å². The summed E-state index contributed by atoms with van der Waals surface area (Å²) in [6.07, 6.45) is 1.07. The molecule has 1 atom stereocenters. The minimum absolute atomic E-state index is 0.314. The summed E-state index contributed by atoms with van der Waals surface area (Å²) < 4.78 is 1.23. The lowest BCUT2D eigenvalue weighted by atomic mass is 10.0. The number of thiophene rings is 1. The van der Waals surface area contributed by atoms with Gasteiger partial charge in [-0.2, -0.15) is 0 Å². The summed E-state index contributed by atoms with van der Waals surface area (Å²) in [5, 5.41) is 0. The van der Waals surface area contributed by atoms with E-state index in [9.17, 15) is 0 Å². The standard InChI is InChI=1S/C13H23BrN2S/c1-9(2)13(15)5-6-16(4)8-11-7-12(14)10(3)17-11/h7,9,13H,5-6,8,15H2,1-4H3. The number of hydrogen-bond acceptors (Lipinski definition) is 3. The van der Waals surface area contributed by atoms with Crippen LogP contribution in [0.5, 0.6) is 0 Å². The van der Waals surface area contributed by atoms with Gasteiger partial charge in [-0.3, -0.25) is 0 Å². The van der Waals surface area contributed by atoms with E-state index in [1.807, 2.05) is 11.3 Å². The highest BCUT2D eigenvalue weighted by atomic mass is 79.9. The second kappa shape index (κ2) is 6.88. The summed E-state index contributed by atoms with van der Waals surface area (Å²) in [6.45, 7) is 8.59. The Labute approximate surface area is 117 Å². The molecule has 17 heavy (non-hydrogen) atoms. The van der Waals surface area contributed by atoms with Gasteiger partial charge >= 0.3 is 0 Å². The molecule has 0 aromatic carbocycles. The predicted molar refractivity (Wildman–Crippen MR) is 80.5 cm³/mol. The van der Waals surface area contributed by atoms with Crippen LogP contribution in [0.1, 0.15) is 30.0 Å². The second-order valence-electron chi connectivity index (χ2n) is 5.05. The van der Waals surface area contributed by atoms with Crippen molar-refractivity contribution in [2.24, 2.45) is 11.7 Å². The molecule has 0 fully saturated rings. The maximum absolute atomic E-state index is 6.05. The summed E-state index contributed by atoms with van der Waals surface area (Å²) in [6, 6.07) is 2.54. The Hall–Kier alpha value is 0.100. The van der Waals surface area contributed by atoms with E-state index in [0.717, 1.165) is 19.5 Å². The molecule has 0 saturated heterocycles. The van der Waals surface area contributed by atoms with Gasteiger partial charge in [0.05, 0.1) is 0 Å². The first-order chi connectivity index (χ1) is 7.90. The molecular formula is C13H23BrN2S. The molecule has 1 aromatic heterocycles. The van der Waals surface area contributed by atoms with Crippen LogP contribution < -0.4 is 5.73 Å². The van der Waals surface area contributed by atoms with Crippen molar-refractivity contribution in [3.05, 3.63) is 20.3 Å². The number of rotatable bonds is 6. The molecule has 4 heteroatoms. The highest BCUT2D eigenvalue weighted by Gasteiger charge is 2.10. The fraction of sp³-hybridized carbons (Fsp3) is 0.692. The third kappa shape index (κ3) is 5.08. The van der Waals surface area contributed by atoms with Crippen LogP contribution >= 0.6 is 27.3 Å². The maximum atomic E-state index is 6.05. The summed E-state index contributed by atoms with van der Waals surface area (Å²) in [4.78, 5) is 5.11. The molecule has 1 rings (SSSR count). The molecule has 0 aliphatic heterocycles. The van der Waals surface area contributed by atoms with Gasteiger partial charge in [0.25, 0.3) is 0 Å². The van der Waals surface area contributed by atoms with Crippen molar-refractivity contribution in [3.63, 3.8) is 0 Å². The summed E-state index contributed by atoms with van der Waals surface area (Å²) in [5.74, 6) is 0.571. The van der Waals surface area contributed by atoms with E-state index in [4.69, 9.17) is 5.73 Å². The Kier molecular flexibility index (Phi) is 6.13. The van der Waals surface area contributed by atoms with Crippen molar-refractivity contribution in [1.82, 2.24) is 4.90 Å². The summed E-state index contributed by atoms with van der Waals surface area (Å²) >= 11 is 5.42. The lowest BCUT2D eigenvalue weighted by Gasteiger charge is -2.20. The topological polar surface area (TPSA) is 29.3 Å². The third-order valence-electron chi connectivity index (χ3n) is 3.03. The number of hydrogen-bond donors (Lipinski definition) is 1. The van der Waals surface area contributed by atoms with Gasteiger partial charge in [0.2, 0.25) is 0 Å². The van der Waals surface area contributed by atoms with Gasteiger partial charge in [0, 0.05) is 26.8 Å². The largest absolute Gasteiger partial charge is 0.327 e. The van der Waals surface area contributed by atoms with Crippen LogP contribution in [0.15, 0.2) is 10.5 Å². The van der Waals surface area contributed by atoms with E-state index in [0.29, 0.717) is 12.0 Å². The molecule has 0 radical (unpaired) electrons. The van der Waals surface area contributed by atoms with Gasteiger partial charge < -0.3 is 10.6 Å². The van der Waals surface area contributed by atoms with Crippen LogP contribution in [-0.2, 0) is 6.54 Å². The Balaban J connectivity index is 2.37. The minimum atomic E-state index is 0.314. The molecule has 2 N–H and O–H groups in total. The minimum Gasteiger partial charge on any atom is -0.327 e. The lowest BCUT2D eigenvalue weighted by Crippen LogP contribution is -2.31. The molecule has 0 aliphatic rings. The highest BCUT2D eigenvalue weighted by molar-refractivity contribution is 9.10. The van der Waals surface area contributed by atoms with E-state index in [1.165, 1.54) is 14.2 Å². The second-order valence-corrected chi connectivity index (χ2v) is 7.25. The quantitative estimate of drug-likeness (QED) is 0.868. The van der Waals surface area contributed by atoms with Crippen LogP contribution in [0.3, 0.4) is 0 Å². The van der Waals surface area contributed by atoms with Gasteiger partial charge in [-0.25, -0.2) is 0 Å². The van der Waals surface area contributed by atoms with Crippen LogP contribution in [0, 0.1) is 12.8 Å². The van der Waals surface area contributed by atoms with Crippen molar-refractivity contribution in [2.75, 3.05) is 13.6 Å². The fourth-order valence-corrected chi connectivity index (χ4v) is 3.33. The van der Waals surface area contributed by atoms with E-state index in [2.05, 4.69) is 54.7 Å². The number of nitrogens with two attached hydrogens (primary N) is 1. The highest BCUT2D eigenvalue weighted by Crippen LogP contribution is 2.27. The normalized spacial score (nSPS) is 13.6. The molecule has 0 spiro atoms. The molecule has 1 heterocycles. The van der Waals surface area contributed by atoms with Crippen molar-refractivity contribution in [1.29, 1.82) is 0 Å². The van der Waals surface area contributed by atoms with Crippen molar-refractivity contribution in [3.8, 4) is 0 Å². The predicted octanol–water partition coefficient (Wildman–Crippen LogP) is 3.62. The molecule has 98 valence electrons. The molecular weight excluding hydrogens is 296 g/mol. The summed E-state index contributed by atoms with van der Waals surface area (Å²) in [5.41, 5.74) is 6.05. The van der Waals surface area contributed by atoms with Crippen molar-refractivity contribution >= 4 is 27.3 Å². The Morgan fingerprint density at radius 3 is 2.59 bits per heavy atom. The number of halogens is 1. The first-order valence-electron chi connectivity index (χ1n) is 6.09. The molecule has 2 nitrogen and oxygen atoms in total. The van der Waals surface area contributed by atoms with Crippen LogP contribution in [-0.4, -0.2) is 24.5 Å². The zero-order valence-corrected chi connectivity index (χ0v) is 13.6. The smallest absolute Gasteiger partial charge is 0.0325 e. The molecule has 1 aromatic rings. The molecule has 0 aliphatic carbocycles. The summed E-state index contributed by atoms with van der Waals surface area (Å²) in [7, 11) is 2.16. The van der Waals surface area contributed by atoms with Gasteiger partial charge in [0.15, 0.2) is 0 Å². The van der Waals surface area contributed by atoms with Crippen molar-refractivity contribution in [2.45, 2.75) is 39.8 Å². The Morgan fingerprint density at radius 1 is 1.47 bits per heavy atom. The van der Waals surface area contributed by atoms with Crippen LogP contribution in [0.25, 0.3) is 0 Å². The van der Waals surface area contributed by atoms with Gasteiger partial charge in [-0.05, 0) is 54.9 Å². The zero-order valence-electron chi connectivity index (χ0n) is 11.2. The van der Waals surface area contributed by atoms with Crippen molar-refractivity contribution < 1.29 is 0 Å². The zero-order chi connectivity index (χ0) is 13.0. The number of aryl methyl sites for hydroxylation is 1. The SMILES string of the molecule is Cc1sc(CN(C)CCC(N)C(C)C)cc1Br. The molecule has 0 saturated carbocycles. The molecule has 1 unspecified atom stereocenters. The van der Waals surface area contributed by atoms with E-state index in [1.54, 1.807) is 0 Å². The average molecular weight is 319 g/mol. The van der Waals surface area contributed by atoms with E-state index in [-0.39, 0.29) is 0 Å². The fourth-order valence-electron chi connectivity index (χ4n) is 1.64. The monoisotopic (exact) mass is 318 g/mol. The molecule has 0 bridgehead atoms. The average Bonchev–Trinajstić information content (AvgIpc) is 2.54. The lowest BCUT2D eigenvalue weighted by molar-refractivity contribution is 0.298. The first-order valence-corrected chi connectivity index (χ1v) is 7.70. The van der Waals surface area contributed by atoms with E-state index >= 15 is 0 Å². The van der Waals surface area contributed by atoms with Gasteiger partial charge in [-0.1, -0.05) is 13.8 Å². The van der Waals surface area contributed by atoms with Gasteiger partial charge in [0.1, 0.15) is 0 Å². The Bertz CT molecular complexity index is 330. The van der Waals surface area contributed by atoms with Crippen LogP contribution in [0.2, 0.25) is 0 Å². The molecule has 0 amide bonds. The number of nitrogens with zero attached hydrogens (tertiary/aromatic N) is 1. The van der Waals surface area contributed by atoms with Gasteiger partial charge in [-0.15, -0.1) is 11.3 Å². The third-order valence-corrected chi connectivity index (χ3v) is 5.16.